The van der Waals surface area contributed by atoms with Gasteiger partial charge in [-0.25, -0.2) is 0 Å². The second-order valence-corrected chi connectivity index (χ2v) is 5.63. The minimum atomic E-state index is 0.176. The quantitative estimate of drug-likeness (QED) is 0.926. The van der Waals surface area contributed by atoms with E-state index in [1.54, 1.807) is 11.3 Å². The van der Waals surface area contributed by atoms with Gasteiger partial charge in [0.15, 0.2) is 0 Å². The van der Waals surface area contributed by atoms with Crippen LogP contribution in [0.1, 0.15) is 29.1 Å². The van der Waals surface area contributed by atoms with Gasteiger partial charge in [-0.15, -0.1) is 11.3 Å². The maximum absolute atomic E-state index is 4.52. The summed E-state index contributed by atoms with van der Waals surface area (Å²) in [5, 5.41) is 5.60. The Labute approximate surface area is 114 Å². The summed E-state index contributed by atoms with van der Waals surface area (Å²) in [7, 11) is 0. The molecule has 2 aromatic heterocycles. The molecular weight excluding hydrogens is 296 g/mol. The fourth-order valence-corrected chi connectivity index (χ4v) is 3.51. The summed E-state index contributed by atoms with van der Waals surface area (Å²) < 4.78 is 1.15. The van der Waals surface area contributed by atoms with Crippen LogP contribution in [0.3, 0.4) is 0 Å². The zero-order valence-electron chi connectivity index (χ0n) is 9.90. The van der Waals surface area contributed by atoms with Gasteiger partial charge in [0.2, 0.25) is 0 Å². The third-order valence-electron chi connectivity index (χ3n) is 2.64. The highest BCUT2D eigenvalue weighted by Crippen LogP contribution is 2.33. The van der Waals surface area contributed by atoms with E-state index in [2.05, 4.69) is 57.6 Å². The number of pyridine rings is 1. The Hall–Kier alpha value is -0.710. The van der Waals surface area contributed by atoms with E-state index in [0.29, 0.717) is 0 Å². The Morgan fingerprint density at radius 1 is 1.47 bits per heavy atom. The Morgan fingerprint density at radius 2 is 2.29 bits per heavy atom. The van der Waals surface area contributed by atoms with Crippen LogP contribution in [0.4, 0.5) is 0 Å². The van der Waals surface area contributed by atoms with Crippen LogP contribution in [0.25, 0.3) is 0 Å². The van der Waals surface area contributed by atoms with E-state index >= 15 is 0 Å². The average Bonchev–Trinajstić information content (AvgIpc) is 2.74. The Balaban J connectivity index is 2.43. The van der Waals surface area contributed by atoms with Gasteiger partial charge in [0.25, 0.3) is 0 Å². The van der Waals surface area contributed by atoms with Gasteiger partial charge < -0.3 is 5.32 Å². The first kappa shape index (κ1) is 12.7. The van der Waals surface area contributed by atoms with Crippen molar-refractivity contribution in [1.82, 2.24) is 10.3 Å². The highest BCUT2D eigenvalue weighted by Gasteiger charge is 2.19. The van der Waals surface area contributed by atoms with Gasteiger partial charge in [0.05, 0.1) is 11.7 Å². The fourth-order valence-electron chi connectivity index (χ4n) is 1.83. The molecule has 4 heteroatoms. The van der Waals surface area contributed by atoms with Crippen LogP contribution in [-0.2, 0) is 0 Å². The largest absolute Gasteiger partial charge is 0.305 e. The maximum atomic E-state index is 4.52. The van der Waals surface area contributed by atoms with Gasteiger partial charge >= 0.3 is 0 Å². The predicted molar refractivity (Wildman–Crippen MR) is 76.5 cm³/mol. The van der Waals surface area contributed by atoms with Crippen molar-refractivity contribution in [3.63, 3.8) is 0 Å². The number of nitrogens with one attached hydrogen (secondary N) is 1. The molecule has 0 amide bonds. The van der Waals surface area contributed by atoms with Gasteiger partial charge in [0.1, 0.15) is 0 Å². The normalized spacial score (nSPS) is 12.6. The van der Waals surface area contributed by atoms with Crippen molar-refractivity contribution in [2.24, 2.45) is 0 Å². The SMILES string of the molecule is CCNC(c1ncccc1C)c1sccc1Br. The molecule has 1 atom stereocenters. The summed E-state index contributed by atoms with van der Waals surface area (Å²) in [6, 6.07) is 6.35. The Kier molecular flexibility index (Phi) is 4.31. The van der Waals surface area contributed by atoms with Gasteiger partial charge in [-0.1, -0.05) is 13.0 Å². The van der Waals surface area contributed by atoms with E-state index in [4.69, 9.17) is 0 Å². The van der Waals surface area contributed by atoms with E-state index in [9.17, 15) is 0 Å². The molecule has 0 radical (unpaired) electrons. The smallest absolute Gasteiger partial charge is 0.0859 e. The lowest BCUT2D eigenvalue weighted by atomic mass is 10.1. The van der Waals surface area contributed by atoms with E-state index in [-0.39, 0.29) is 6.04 Å². The van der Waals surface area contributed by atoms with Crippen LogP contribution in [0.5, 0.6) is 0 Å². The minimum Gasteiger partial charge on any atom is -0.305 e. The van der Waals surface area contributed by atoms with Gasteiger partial charge in [-0.05, 0) is 52.5 Å². The number of aromatic nitrogens is 1. The van der Waals surface area contributed by atoms with Crippen LogP contribution < -0.4 is 5.32 Å². The first-order valence-corrected chi connectivity index (χ1v) is 7.29. The molecule has 1 N–H and O–H groups in total. The second-order valence-electron chi connectivity index (χ2n) is 3.83. The topological polar surface area (TPSA) is 24.9 Å². The minimum absolute atomic E-state index is 0.176. The highest BCUT2D eigenvalue weighted by atomic mass is 79.9. The summed E-state index contributed by atoms with van der Waals surface area (Å²) in [5.41, 5.74) is 2.33. The molecule has 0 spiro atoms. The molecule has 2 aromatic rings. The first-order valence-electron chi connectivity index (χ1n) is 5.61. The van der Waals surface area contributed by atoms with Crippen LogP contribution in [0.2, 0.25) is 0 Å². The molecule has 2 heterocycles. The molecule has 0 aliphatic carbocycles. The predicted octanol–water partition coefficient (Wildman–Crippen LogP) is 3.91. The molecular formula is C13H15BrN2S. The zero-order chi connectivity index (χ0) is 12.3. The third-order valence-corrected chi connectivity index (χ3v) is 4.57. The first-order chi connectivity index (χ1) is 8.24. The monoisotopic (exact) mass is 310 g/mol. The van der Waals surface area contributed by atoms with Crippen LogP contribution in [0, 0.1) is 6.92 Å². The van der Waals surface area contributed by atoms with Gasteiger partial charge in [-0.2, -0.15) is 0 Å². The van der Waals surface area contributed by atoms with Crippen molar-refractivity contribution in [2.75, 3.05) is 6.54 Å². The maximum Gasteiger partial charge on any atom is 0.0859 e. The number of rotatable bonds is 4. The number of nitrogens with zero attached hydrogens (tertiary/aromatic N) is 1. The molecule has 0 aliphatic rings. The molecule has 0 aromatic carbocycles. The average molecular weight is 311 g/mol. The molecule has 2 nitrogen and oxygen atoms in total. The van der Waals surface area contributed by atoms with Crippen molar-refractivity contribution in [1.29, 1.82) is 0 Å². The van der Waals surface area contributed by atoms with Crippen molar-refractivity contribution >= 4 is 27.3 Å². The summed E-state index contributed by atoms with van der Waals surface area (Å²) in [5.74, 6) is 0. The molecule has 0 saturated heterocycles. The molecule has 17 heavy (non-hydrogen) atoms. The molecule has 0 saturated carbocycles. The molecule has 1 unspecified atom stereocenters. The van der Waals surface area contributed by atoms with Crippen LogP contribution >= 0.6 is 27.3 Å². The standard InChI is InChI=1S/C13H15BrN2S/c1-3-15-12(13-10(14)6-8-17-13)11-9(2)5-4-7-16-11/h4-8,12,15H,3H2,1-2H3. The van der Waals surface area contributed by atoms with Gasteiger partial charge in [0, 0.05) is 15.5 Å². The number of aryl methyl sites for hydroxylation is 1. The summed E-state index contributed by atoms with van der Waals surface area (Å²) in [6.07, 6.45) is 1.86. The highest BCUT2D eigenvalue weighted by molar-refractivity contribution is 9.10. The summed E-state index contributed by atoms with van der Waals surface area (Å²) >= 11 is 5.35. The van der Waals surface area contributed by atoms with Crippen molar-refractivity contribution in [2.45, 2.75) is 19.9 Å². The lowest BCUT2D eigenvalue weighted by Crippen LogP contribution is -2.23. The van der Waals surface area contributed by atoms with Crippen LogP contribution in [0.15, 0.2) is 34.2 Å². The molecule has 0 fully saturated rings. The fraction of sp³-hybridized carbons (Fsp3) is 0.308. The number of halogens is 1. The Bertz CT molecular complexity index is 496. The van der Waals surface area contributed by atoms with E-state index in [1.165, 1.54) is 10.4 Å². The summed E-state index contributed by atoms with van der Waals surface area (Å²) in [6.45, 7) is 5.14. The van der Waals surface area contributed by atoms with E-state index in [1.807, 2.05) is 12.3 Å². The molecule has 2 rings (SSSR count). The van der Waals surface area contributed by atoms with E-state index < -0.39 is 0 Å². The molecule has 0 bridgehead atoms. The number of hydrogen-bond acceptors (Lipinski definition) is 3. The summed E-state index contributed by atoms with van der Waals surface area (Å²) in [4.78, 5) is 5.80. The van der Waals surface area contributed by atoms with Crippen molar-refractivity contribution in [3.8, 4) is 0 Å². The second kappa shape index (κ2) is 5.76. The van der Waals surface area contributed by atoms with Crippen LogP contribution in [-0.4, -0.2) is 11.5 Å². The van der Waals surface area contributed by atoms with Crippen molar-refractivity contribution in [3.05, 3.63) is 50.4 Å². The third kappa shape index (κ3) is 2.76. The Morgan fingerprint density at radius 3 is 2.88 bits per heavy atom. The van der Waals surface area contributed by atoms with E-state index in [0.717, 1.165) is 16.7 Å². The number of thiophene rings is 1. The van der Waals surface area contributed by atoms with Crippen molar-refractivity contribution < 1.29 is 0 Å². The lowest BCUT2D eigenvalue weighted by molar-refractivity contribution is 0.619. The molecule has 90 valence electrons. The molecule has 0 aliphatic heterocycles. The zero-order valence-corrected chi connectivity index (χ0v) is 12.3. The van der Waals surface area contributed by atoms with Gasteiger partial charge in [-0.3, -0.25) is 4.98 Å². The lowest BCUT2D eigenvalue weighted by Gasteiger charge is -2.18. The number of hydrogen-bond donors (Lipinski definition) is 1.